The van der Waals surface area contributed by atoms with Crippen molar-refractivity contribution in [1.82, 2.24) is 9.97 Å². The molecule has 3 heteroatoms. The van der Waals surface area contributed by atoms with E-state index in [0.717, 1.165) is 11.3 Å². The zero-order valence-corrected chi connectivity index (χ0v) is 10.6. The summed E-state index contributed by atoms with van der Waals surface area (Å²) in [5, 5.41) is 0. The normalized spacial score (nSPS) is 10.4. The van der Waals surface area contributed by atoms with Crippen molar-refractivity contribution in [3.63, 3.8) is 0 Å². The molecule has 0 aliphatic heterocycles. The van der Waals surface area contributed by atoms with Crippen LogP contribution in [0.15, 0.2) is 24.4 Å². The fourth-order valence-electron chi connectivity index (χ4n) is 1.78. The Morgan fingerprint density at radius 1 is 1.06 bits per heavy atom. The molecule has 1 aromatic heterocycles. The highest BCUT2D eigenvalue weighted by atomic mass is 16.5. The van der Waals surface area contributed by atoms with Gasteiger partial charge in [0.05, 0.1) is 12.8 Å². The average Bonchev–Trinajstić information content (AvgIpc) is 2.35. The van der Waals surface area contributed by atoms with Crippen LogP contribution in [0.1, 0.15) is 16.7 Å². The summed E-state index contributed by atoms with van der Waals surface area (Å²) in [5.74, 6) is 0. The molecular weight excluding hydrogens is 212 g/mol. The van der Waals surface area contributed by atoms with Crippen molar-refractivity contribution < 1.29 is 4.74 Å². The molecule has 0 unspecified atom stereocenters. The number of nitrogens with zero attached hydrogens (tertiary/aromatic N) is 2. The van der Waals surface area contributed by atoms with Crippen molar-refractivity contribution in [2.75, 3.05) is 7.11 Å². The fourth-order valence-corrected chi connectivity index (χ4v) is 1.78. The van der Waals surface area contributed by atoms with E-state index in [2.05, 4.69) is 42.9 Å². The Labute approximate surface area is 102 Å². The molecule has 0 atom stereocenters. The van der Waals surface area contributed by atoms with Gasteiger partial charge >= 0.3 is 6.01 Å². The van der Waals surface area contributed by atoms with Gasteiger partial charge in [-0.15, -0.1) is 0 Å². The van der Waals surface area contributed by atoms with Crippen LogP contribution >= 0.6 is 0 Å². The van der Waals surface area contributed by atoms with Gasteiger partial charge in [0.25, 0.3) is 0 Å². The Kier molecular flexibility index (Phi) is 3.09. The minimum absolute atomic E-state index is 0.401. The quantitative estimate of drug-likeness (QED) is 0.792. The van der Waals surface area contributed by atoms with Crippen molar-refractivity contribution in [3.8, 4) is 17.3 Å². The van der Waals surface area contributed by atoms with Crippen molar-refractivity contribution in [1.29, 1.82) is 0 Å². The van der Waals surface area contributed by atoms with Crippen molar-refractivity contribution in [2.45, 2.75) is 20.8 Å². The van der Waals surface area contributed by atoms with E-state index in [9.17, 15) is 0 Å². The molecule has 1 heterocycles. The number of hydrogen-bond donors (Lipinski definition) is 0. The molecule has 3 nitrogen and oxygen atoms in total. The number of benzene rings is 1. The summed E-state index contributed by atoms with van der Waals surface area (Å²) >= 11 is 0. The number of aryl methyl sites for hydroxylation is 2. The van der Waals surface area contributed by atoms with Gasteiger partial charge in [-0.05, 0) is 55.7 Å². The first-order chi connectivity index (χ1) is 8.11. The Balaban J connectivity index is 2.52. The third-order valence-electron chi connectivity index (χ3n) is 3.04. The zero-order valence-electron chi connectivity index (χ0n) is 10.6. The summed E-state index contributed by atoms with van der Waals surface area (Å²) < 4.78 is 5.04. The Bertz CT molecular complexity index is 527. The highest BCUT2D eigenvalue weighted by Gasteiger charge is 2.05. The third kappa shape index (κ3) is 2.28. The zero-order chi connectivity index (χ0) is 12.4. The molecule has 0 amide bonds. The second-order valence-electron chi connectivity index (χ2n) is 4.16. The summed E-state index contributed by atoms with van der Waals surface area (Å²) in [5.41, 5.74) is 5.87. The molecule has 0 spiro atoms. The van der Waals surface area contributed by atoms with E-state index in [1.54, 1.807) is 13.3 Å². The van der Waals surface area contributed by atoms with E-state index in [4.69, 9.17) is 4.74 Å². The van der Waals surface area contributed by atoms with E-state index in [-0.39, 0.29) is 0 Å². The minimum atomic E-state index is 0.401. The van der Waals surface area contributed by atoms with Crippen LogP contribution in [0, 0.1) is 20.8 Å². The van der Waals surface area contributed by atoms with E-state index < -0.39 is 0 Å². The Morgan fingerprint density at radius 2 is 1.71 bits per heavy atom. The summed E-state index contributed by atoms with van der Waals surface area (Å²) in [6, 6.07) is 6.58. The highest BCUT2D eigenvalue weighted by Crippen LogP contribution is 2.24. The lowest BCUT2D eigenvalue weighted by atomic mass is 9.99. The predicted octanol–water partition coefficient (Wildman–Crippen LogP) is 3.08. The van der Waals surface area contributed by atoms with Gasteiger partial charge in [-0.2, -0.15) is 4.98 Å². The van der Waals surface area contributed by atoms with Crippen molar-refractivity contribution in [3.05, 3.63) is 41.1 Å². The van der Waals surface area contributed by atoms with E-state index in [1.807, 2.05) is 6.07 Å². The van der Waals surface area contributed by atoms with E-state index in [1.165, 1.54) is 16.7 Å². The molecule has 0 aliphatic carbocycles. The van der Waals surface area contributed by atoms with Crippen LogP contribution < -0.4 is 4.74 Å². The van der Waals surface area contributed by atoms with Crippen LogP contribution in [-0.2, 0) is 0 Å². The number of ether oxygens (including phenoxy) is 1. The van der Waals surface area contributed by atoms with Gasteiger partial charge in [0, 0.05) is 11.8 Å². The molecular formula is C14H16N2O. The smallest absolute Gasteiger partial charge is 0.316 e. The highest BCUT2D eigenvalue weighted by molar-refractivity contribution is 5.62. The maximum Gasteiger partial charge on any atom is 0.316 e. The van der Waals surface area contributed by atoms with Gasteiger partial charge in [-0.3, -0.25) is 0 Å². The second kappa shape index (κ2) is 4.53. The predicted molar refractivity (Wildman–Crippen MR) is 68.2 cm³/mol. The molecule has 88 valence electrons. The van der Waals surface area contributed by atoms with E-state index >= 15 is 0 Å². The summed E-state index contributed by atoms with van der Waals surface area (Å²) in [6.45, 7) is 6.36. The van der Waals surface area contributed by atoms with Crippen LogP contribution in [0.4, 0.5) is 0 Å². The maximum absolute atomic E-state index is 5.04. The number of methoxy groups -OCH3 is 1. The van der Waals surface area contributed by atoms with Crippen LogP contribution in [0.5, 0.6) is 6.01 Å². The van der Waals surface area contributed by atoms with Crippen molar-refractivity contribution >= 4 is 0 Å². The molecule has 1 aromatic carbocycles. The number of rotatable bonds is 2. The first kappa shape index (κ1) is 11.6. The van der Waals surface area contributed by atoms with Gasteiger partial charge in [-0.25, -0.2) is 4.98 Å². The number of hydrogen-bond acceptors (Lipinski definition) is 3. The van der Waals surface area contributed by atoms with Gasteiger partial charge in [0.2, 0.25) is 0 Å². The molecule has 2 rings (SSSR count). The van der Waals surface area contributed by atoms with Gasteiger partial charge in [0.1, 0.15) is 0 Å². The van der Waals surface area contributed by atoms with Crippen LogP contribution in [-0.4, -0.2) is 17.1 Å². The largest absolute Gasteiger partial charge is 0.467 e. The maximum atomic E-state index is 5.04. The SMILES string of the molecule is COc1nccc(-c2cc(C)c(C)c(C)c2)n1. The fraction of sp³-hybridized carbons (Fsp3) is 0.286. The standard InChI is InChI=1S/C14H16N2O/c1-9-7-12(8-10(2)11(9)3)13-5-6-15-14(16-13)17-4/h5-8H,1-4H3. The monoisotopic (exact) mass is 228 g/mol. The Hall–Kier alpha value is -1.90. The van der Waals surface area contributed by atoms with E-state index in [0.29, 0.717) is 6.01 Å². The summed E-state index contributed by atoms with van der Waals surface area (Å²) in [7, 11) is 1.57. The lowest BCUT2D eigenvalue weighted by Gasteiger charge is -2.09. The lowest BCUT2D eigenvalue weighted by molar-refractivity contribution is 0.380. The molecule has 0 bridgehead atoms. The lowest BCUT2D eigenvalue weighted by Crippen LogP contribution is -1.94. The second-order valence-corrected chi connectivity index (χ2v) is 4.16. The average molecular weight is 228 g/mol. The molecule has 0 aliphatic rings. The third-order valence-corrected chi connectivity index (χ3v) is 3.04. The van der Waals surface area contributed by atoms with Gasteiger partial charge in [-0.1, -0.05) is 0 Å². The first-order valence-electron chi connectivity index (χ1n) is 5.57. The van der Waals surface area contributed by atoms with Crippen LogP contribution in [0.3, 0.4) is 0 Å². The Morgan fingerprint density at radius 3 is 2.29 bits per heavy atom. The molecule has 2 aromatic rings. The molecule has 0 N–H and O–H groups in total. The van der Waals surface area contributed by atoms with Gasteiger partial charge in [0.15, 0.2) is 0 Å². The van der Waals surface area contributed by atoms with Gasteiger partial charge < -0.3 is 4.74 Å². The minimum Gasteiger partial charge on any atom is -0.467 e. The first-order valence-corrected chi connectivity index (χ1v) is 5.57. The molecule has 0 saturated carbocycles. The topological polar surface area (TPSA) is 35.0 Å². The summed E-state index contributed by atoms with van der Waals surface area (Å²) in [6.07, 6.45) is 1.71. The van der Waals surface area contributed by atoms with Crippen molar-refractivity contribution in [2.24, 2.45) is 0 Å². The van der Waals surface area contributed by atoms with Crippen LogP contribution in [0.2, 0.25) is 0 Å². The molecule has 17 heavy (non-hydrogen) atoms. The molecule has 0 radical (unpaired) electrons. The number of aromatic nitrogens is 2. The molecule has 0 fully saturated rings. The van der Waals surface area contributed by atoms with Crippen LogP contribution in [0.25, 0.3) is 11.3 Å². The summed E-state index contributed by atoms with van der Waals surface area (Å²) in [4.78, 5) is 8.35. The molecule has 0 saturated heterocycles.